The fourth-order valence-electron chi connectivity index (χ4n) is 1.56. The summed E-state index contributed by atoms with van der Waals surface area (Å²) in [6.45, 7) is 8.88. The number of ether oxygens (including phenoxy) is 1. The Morgan fingerprint density at radius 2 is 1.93 bits per heavy atom. The maximum absolute atomic E-state index is 11.3. The lowest BCUT2D eigenvalue weighted by atomic mass is 10.0. The highest BCUT2D eigenvalue weighted by Crippen LogP contribution is 2.14. The van der Waals surface area contributed by atoms with Crippen molar-refractivity contribution in [1.29, 1.82) is 0 Å². The van der Waals surface area contributed by atoms with E-state index in [-0.39, 0.29) is 11.9 Å². The lowest BCUT2D eigenvalue weighted by molar-refractivity contribution is -0.130. The van der Waals surface area contributed by atoms with E-state index in [0.29, 0.717) is 12.3 Å². The van der Waals surface area contributed by atoms with Gasteiger partial charge >= 0.3 is 0 Å². The highest BCUT2D eigenvalue weighted by atomic mass is 16.5. The quantitative estimate of drug-likeness (QED) is 0.586. The van der Waals surface area contributed by atoms with Crippen LogP contribution in [-0.2, 0) is 9.53 Å². The maximum atomic E-state index is 11.3. The van der Waals surface area contributed by atoms with Gasteiger partial charge in [-0.3, -0.25) is 4.79 Å². The highest BCUT2D eigenvalue weighted by Gasteiger charge is 2.13. The van der Waals surface area contributed by atoms with Gasteiger partial charge in [0, 0.05) is 6.42 Å². The Labute approximate surface area is 94.4 Å². The SMILES string of the molecule is CCCCC(CC)COC(C)C(=O)CC. The molecule has 2 unspecified atom stereocenters. The number of ketones is 1. The first-order valence-electron chi connectivity index (χ1n) is 6.29. The van der Waals surface area contributed by atoms with Gasteiger partial charge in [-0.05, 0) is 19.3 Å². The zero-order valence-electron chi connectivity index (χ0n) is 10.7. The van der Waals surface area contributed by atoms with Crippen LogP contribution in [0, 0.1) is 5.92 Å². The standard InChI is InChI=1S/C13H26O2/c1-5-8-9-12(6-2)10-15-11(4)13(14)7-3/h11-12H,5-10H2,1-4H3. The molecular formula is C13H26O2. The van der Waals surface area contributed by atoms with Crippen molar-refractivity contribution in [2.45, 2.75) is 65.9 Å². The Balaban J connectivity index is 3.74. The van der Waals surface area contributed by atoms with Crippen LogP contribution >= 0.6 is 0 Å². The summed E-state index contributed by atoms with van der Waals surface area (Å²) in [6, 6.07) is 0. The van der Waals surface area contributed by atoms with Gasteiger partial charge in [-0.15, -0.1) is 0 Å². The van der Waals surface area contributed by atoms with Crippen molar-refractivity contribution in [1.82, 2.24) is 0 Å². The Bertz CT molecular complexity index is 166. The van der Waals surface area contributed by atoms with Crippen LogP contribution in [0.5, 0.6) is 0 Å². The molecule has 0 amide bonds. The first-order valence-corrected chi connectivity index (χ1v) is 6.29. The molecule has 90 valence electrons. The van der Waals surface area contributed by atoms with Gasteiger partial charge in [0.1, 0.15) is 6.10 Å². The highest BCUT2D eigenvalue weighted by molar-refractivity contribution is 5.82. The predicted octanol–water partition coefficient (Wildman–Crippen LogP) is 3.59. The largest absolute Gasteiger partial charge is 0.370 e. The molecule has 0 aromatic carbocycles. The van der Waals surface area contributed by atoms with Gasteiger partial charge in [0.05, 0.1) is 6.61 Å². The third-order valence-corrected chi connectivity index (χ3v) is 2.93. The Kier molecular flexibility index (Phi) is 8.68. The van der Waals surface area contributed by atoms with E-state index in [9.17, 15) is 4.79 Å². The summed E-state index contributed by atoms with van der Waals surface area (Å²) in [5.74, 6) is 0.831. The number of rotatable bonds is 9. The van der Waals surface area contributed by atoms with Crippen molar-refractivity contribution in [3.05, 3.63) is 0 Å². The molecule has 0 aliphatic rings. The van der Waals surface area contributed by atoms with E-state index in [0.717, 1.165) is 13.0 Å². The van der Waals surface area contributed by atoms with Crippen molar-refractivity contribution < 1.29 is 9.53 Å². The molecule has 0 aromatic heterocycles. The molecule has 0 spiro atoms. The molecule has 0 aliphatic carbocycles. The normalized spacial score (nSPS) is 14.9. The number of Topliss-reactive ketones (excluding diaryl/α,β-unsaturated/α-hetero) is 1. The third kappa shape index (κ3) is 6.67. The monoisotopic (exact) mass is 214 g/mol. The molecule has 0 heterocycles. The number of hydrogen-bond donors (Lipinski definition) is 0. The van der Waals surface area contributed by atoms with Crippen LogP contribution in [0.1, 0.15) is 59.8 Å². The van der Waals surface area contributed by atoms with Crippen molar-refractivity contribution in [3.63, 3.8) is 0 Å². The molecule has 0 bridgehead atoms. The molecule has 0 fully saturated rings. The molecule has 0 radical (unpaired) electrons. The molecule has 2 atom stereocenters. The number of unbranched alkanes of at least 4 members (excludes halogenated alkanes) is 1. The lowest BCUT2D eigenvalue weighted by Gasteiger charge is -2.17. The van der Waals surface area contributed by atoms with Gasteiger partial charge in [0.2, 0.25) is 0 Å². The van der Waals surface area contributed by atoms with E-state index in [2.05, 4.69) is 13.8 Å². The van der Waals surface area contributed by atoms with Crippen molar-refractivity contribution in [2.75, 3.05) is 6.61 Å². The van der Waals surface area contributed by atoms with Gasteiger partial charge in [0.25, 0.3) is 0 Å². The Hall–Kier alpha value is -0.370. The summed E-state index contributed by atoms with van der Waals surface area (Å²) in [5, 5.41) is 0. The second kappa shape index (κ2) is 8.90. The van der Waals surface area contributed by atoms with E-state index >= 15 is 0 Å². The first-order chi connectivity index (χ1) is 7.15. The van der Waals surface area contributed by atoms with Gasteiger partial charge in [-0.2, -0.15) is 0 Å². The number of carbonyl (C=O) groups excluding carboxylic acids is 1. The molecular weight excluding hydrogens is 188 g/mol. The lowest BCUT2D eigenvalue weighted by Crippen LogP contribution is -2.23. The van der Waals surface area contributed by atoms with E-state index in [1.54, 1.807) is 0 Å². The number of hydrogen-bond acceptors (Lipinski definition) is 2. The van der Waals surface area contributed by atoms with E-state index < -0.39 is 0 Å². The molecule has 0 aromatic rings. The minimum absolute atomic E-state index is 0.209. The smallest absolute Gasteiger partial charge is 0.160 e. The van der Waals surface area contributed by atoms with E-state index in [1.807, 2.05) is 13.8 Å². The summed E-state index contributed by atoms with van der Waals surface area (Å²) < 4.78 is 5.60. The van der Waals surface area contributed by atoms with Crippen molar-refractivity contribution >= 4 is 5.78 Å². The molecule has 2 nitrogen and oxygen atoms in total. The van der Waals surface area contributed by atoms with Gasteiger partial charge in [0.15, 0.2) is 5.78 Å². The van der Waals surface area contributed by atoms with Crippen molar-refractivity contribution in [3.8, 4) is 0 Å². The topological polar surface area (TPSA) is 26.3 Å². The summed E-state index contributed by atoms with van der Waals surface area (Å²) >= 11 is 0. The average molecular weight is 214 g/mol. The predicted molar refractivity (Wildman–Crippen MR) is 64.0 cm³/mol. The fraction of sp³-hybridized carbons (Fsp3) is 0.923. The molecule has 2 heteroatoms. The van der Waals surface area contributed by atoms with Crippen LogP contribution in [0.3, 0.4) is 0 Å². The summed E-state index contributed by atoms with van der Waals surface area (Å²) in [5.41, 5.74) is 0. The second-order valence-electron chi connectivity index (χ2n) is 4.21. The minimum Gasteiger partial charge on any atom is -0.370 e. The Morgan fingerprint density at radius 1 is 1.27 bits per heavy atom. The van der Waals surface area contributed by atoms with Crippen LogP contribution in [0.25, 0.3) is 0 Å². The summed E-state index contributed by atoms with van der Waals surface area (Å²) in [4.78, 5) is 11.3. The van der Waals surface area contributed by atoms with Crippen LogP contribution in [-0.4, -0.2) is 18.5 Å². The molecule has 0 rings (SSSR count). The number of carbonyl (C=O) groups is 1. The zero-order chi connectivity index (χ0) is 11.7. The Morgan fingerprint density at radius 3 is 2.40 bits per heavy atom. The second-order valence-corrected chi connectivity index (χ2v) is 4.21. The van der Waals surface area contributed by atoms with E-state index in [4.69, 9.17) is 4.74 Å². The molecule has 0 aliphatic heterocycles. The maximum Gasteiger partial charge on any atom is 0.160 e. The van der Waals surface area contributed by atoms with E-state index in [1.165, 1.54) is 19.3 Å². The summed E-state index contributed by atoms with van der Waals surface area (Å²) in [6.07, 6.45) is 5.23. The van der Waals surface area contributed by atoms with Crippen LogP contribution in [0.4, 0.5) is 0 Å². The van der Waals surface area contributed by atoms with Crippen LogP contribution in [0.15, 0.2) is 0 Å². The van der Waals surface area contributed by atoms with Crippen LogP contribution in [0.2, 0.25) is 0 Å². The summed E-state index contributed by atoms with van der Waals surface area (Å²) in [7, 11) is 0. The van der Waals surface area contributed by atoms with Gasteiger partial charge in [-0.1, -0.05) is 40.0 Å². The van der Waals surface area contributed by atoms with Crippen molar-refractivity contribution in [2.24, 2.45) is 5.92 Å². The van der Waals surface area contributed by atoms with Gasteiger partial charge in [-0.25, -0.2) is 0 Å². The average Bonchev–Trinajstić information content (AvgIpc) is 2.27. The third-order valence-electron chi connectivity index (χ3n) is 2.93. The minimum atomic E-state index is -0.217. The molecule has 15 heavy (non-hydrogen) atoms. The fourth-order valence-corrected chi connectivity index (χ4v) is 1.56. The van der Waals surface area contributed by atoms with Gasteiger partial charge < -0.3 is 4.74 Å². The molecule has 0 saturated carbocycles. The molecule has 0 saturated heterocycles. The molecule has 0 N–H and O–H groups in total. The first kappa shape index (κ1) is 14.6. The zero-order valence-corrected chi connectivity index (χ0v) is 10.7. The van der Waals surface area contributed by atoms with Crippen LogP contribution < -0.4 is 0 Å².